The maximum absolute atomic E-state index is 13.3. The third-order valence-electron chi connectivity index (χ3n) is 4.82. The summed E-state index contributed by atoms with van der Waals surface area (Å²) in [6.07, 6.45) is 7.74. The number of nitrogens with zero attached hydrogens (tertiary/aromatic N) is 4. The average molecular weight is 338 g/mol. The normalized spacial score (nSPS) is 15.6. The molecule has 1 aliphatic heterocycles. The van der Waals surface area contributed by atoms with Gasteiger partial charge >= 0.3 is 0 Å². The van der Waals surface area contributed by atoms with Crippen LogP contribution in [-0.4, -0.2) is 38.5 Å². The number of aromatic nitrogens is 3. The van der Waals surface area contributed by atoms with Crippen molar-refractivity contribution in [3.05, 3.63) is 65.9 Å². The van der Waals surface area contributed by atoms with E-state index < -0.39 is 0 Å². The van der Waals surface area contributed by atoms with Crippen molar-refractivity contribution in [3.63, 3.8) is 0 Å². The number of likely N-dealkylation sites (tertiary alicyclic amines) is 1. The molecule has 0 aliphatic carbocycles. The Balaban J connectivity index is 1.40. The average Bonchev–Trinajstić information content (AvgIpc) is 3.06. The molecule has 0 N–H and O–H groups in total. The number of hydrogen-bond donors (Lipinski definition) is 0. The molecule has 0 spiro atoms. The smallest absolute Gasteiger partial charge is 0.259 e. The number of halogens is 1. The second-order valence-electron chi connectivity index (χ2n) is 6.52. The summed E-state index contributed by atoms with van der Waals surface area (Å²) in [4.78, 5) is 18.9. The summed E-state index contributed by atoms with van der Waals surface area (Å²) >= 11 is 0. The summed E-state index contributed by atoms with van der Waals surface area (Å²) in [5.41, 5.74) is 2.16. The molecule has 1 amide bonds. The molecule has 2 aromatic heterocycles. The van der Waals surface area contributed by atoms with Crippen LogP contribution in [0, 0.1) is 11.7 Å². The van der Waals surface area contributed by atoms with Crippen molar-refractivity contribution in [3.8, 4) is 0 Å². The van der Waals surface area contributed by atoms with Crippen molar-refractivity contribution in [1.82, 2.24) is 19.5 Å². The number of amides is 1. The van der Waals surface area contributed by atoms with Crippen LogP contribution in [0.4, 0.5) is 4.39 Å². The lowest BCUT2D eigenvalue weighted by molar-refractivity contribution is 0.0692. The van der Waals surface area contributed by atoms with Crippen molar-refractivity contribution in [2.24, 2.45) is 5.92 Å². The fourth-order valence-electron chi connectivity index (χ4n) is 3.49. The van der Waals surface area contributed by atoms with Crippen LogP contribution in [0.1, 0.15) is 28.8 Å². The van der Waals surface area contributed by atoms with E-state index in [0.717, 1.165) is 24.8 Å². The van der Waals surface area contributed by atoms with Gasteiger partial charge in [-0.3, -0.25) is 4.79 Å². The van der Waals surface area contributed by atoms with Gasteiger partial charge in [-0.05, 0) is 48.9 Å². The van der Waals surface area contributed by atoms with E-state index in [2.05, 4.69) is 10.1 Å². The van der Waals surface area contributed by atoms with Crippen LogP contribution in [0.5, 0.6) is 0 Å². The quantitative estimate of drug-likeness (QED) is 0.738. The lowest BCUT2D eigenvalue weighted by Gasteiger charge is -2.32. The molecule has 5 nitrogen and oxygen atoms in total. The van der Waals surface area contributed by atoms with E-state index in [-0.39, 0.29) is 11.7 Å². The summed E-state index contributed by atoms with van der Waals surface area (Å²) in [6.45, 7) is 1.42. The van der Waals surface area contributed by atoms with Gasteiger partial charge in [0.05, 0.1) is 6.20 Å². The molecule has 0 radical (unpaired) electrons. The summed E-state index contributed by atoms with van der Waals surface area (Å²) in [5, 5.41) is 4.18. The van der Waals surface area contributed by atoms with Crippen molar-refractivity contribution >= 4 is 11.6 Å². The topological polar surface area (TPSA) is 50.5 Å². The van der Waals surface area contributed by atoms with Gasteiger partial charge in [0, 0.05) is 25.5 Å². The highest BCUT2D eigenvalue weighted by Crippen LogP contribution is 2.23. The number of rotatable bonds is 3. The van der Waals surface area contributed by atoms with E-state index in [9.17, 15) is 9.18 Å². The molecule has 128 valence electrons. The van der Waals surface area contributed by atoms with Gasteiger partial charge in [0.25, 0.3) is 5.91 Å². The van der Waals surface area contributed by atoms with E-state index in [4.69, 9.17) is 0 Å². The minimum Gasteiger partial charge on any atom is -0.338 e. The molecule has 0 unspecified atom stereocenters. The first-order valence-electron chi connectivity index (χ1n) is 8.53. The lowest BCUT2D eigenvalue weighted by Crippen LogP contribution is -2.38. The number of hydrogen-bond acceptors (Lipinski definition) is 3. The van der Waals surface area contributed by atoms with Crippen LogP contribution in [0.3, 0.4) is 0 Å². The van der Waals surface area contributed by atoms with Gasteiger partial charge in [-0.1, -0.05) is 12.1 Å². The molecule has 1 aliphatic rings. The Hall–Kier alpha value is -2.76. The van der Waals surface area contributed by atoms with Gasteiger partial charge in [0.2, 0.25) is 0 Å². The van der Waals surface area contributed by atoms with Gasteiger partial charge in [0.1, 0.15) is 11.4 Å². The minimum absolute atomic E-state index is 0.0158. The number of piperidine rings is 1. The highest BCUT2D eigenvalue weighted by atomic mass is 19.1. The highest BCUT2D eigenvalue weighted by molar-refractivity contribution is 5.99. The first-order valence-corrected chi connectivity index (χ1v) is 8.53. The monoisotopic (exact) mass is 338 g/mol. The van der Waals surface area contributed by atoms with Crippen molar-refractivity contribution in [1.29, 1.82) is 0 Å². The summed E-state index contributed by atoms with van der Waals surface area (Å²) in [7, 11) is 0. The van der Waals surface area contributed by atoms with E-state index in [1.807, 2.05) is 11.0 Å². The van der Waals surface area contributed by atoms with Gasteiger partial charge in [-0.15, -0.1) is 0 Å². The molecule has 1 fully saturated rings. The number of carbonyl (C=O) groups is 1. The molecule has 25 heavy (non-hydrogen) atoms. The van der Waals surface area contributed by atoms with Crippen LogP contribution in [0.25, 0.3) is 5.65 Å². The molecule has 1 saturated heterocycles. The minimum atomic E-state index is -0.189. The van der Waals surface area contributed by atoms with Crippen LogP contribution < -0.4 is 0 Å². The second-order valence-corrected chi connectivity index (χ2v) is 6.52. The van der Waals surface area contributed by atoms with Crippen LogP contribution in [-0.2, 0) is 6.42 Å². The molecule has 0 bridgehead atoms. The van der Waals surface area contributed by atoms with Crippen molar-refractivity contribution in [2.75, 3.05) is 13.1 Å². The Morgan fingerprint density at radius 1 is 1.24 bits per heavy atom. The maximum Gasteiger partial charge on any atom is 0.259 e. The largest absolute Gasteiger partial charge is 0.338 e. The summed E-state index contributed by atoms with van der Waals surface area (Å²) in [5.74, 6) is 0.275. The third kappa shape index (κ3) is 3.24. The Morgan fingerprint density at radius 2 is 2.08 bits per heavy atom. The molecule has 3 aromatic rings. The van der Waals surface area contributed by atoms with E-state index in [1.54, 1.807) is 41.3 Å². The Kier molecular flexibility index (Phi) is 4.17. The molecule has 1 aromatic carbocycles. The first-order chi connectivity index (χ1) is 12.2. The second kappa shape index (κ2) is 6.63. The molecule has 3 heterocycles. The summed E-state index contributed by atoms with van der Waals surface area (Å²) in [6, 6.07) is 8.57. The third-order valence-corrected chi connectivity index (χ3v) is 4.82. The molecule has 0 atom stereocenters. The van der Waals surface area contributed by atoms with Crippen LogP contribution in [0.2, 0.25) is 0 Å². The zero-order chi connectivity index (χ0) is 17.2. The van der Waals surface area contributed by atoms with Crippen LogP contribution >= 0.6 is 0 Å². The number of carbonyl (C=O) groups excluding carboxylic acids is 1. The maximum atomic E-state index is 13.3. The van der Waals surface area contributed by atoms with Crippen molar-refractivity contribution < 1.29 is 9.18 Å². The number of fused-ring (bicyclic) bond motifs is 1. The van der Waals surface area contributed by atoms with E-state index >= 15 is 0 Å². The SMILES string of the molecule is O=C(c1cnn2cccnc12)N1CCC(Cc2cccc(F)c2)CC1. The standard InChI is InChI=1S/C19H19FN4O/c20-16-4-1-3-15(12-16)11-14-5-9-23(10-6-14)19(25)17-13-22-24-8-2-7-21-18(17)24/h1-4,7-8,12-14H,5-6,9-11H2. The summed E-state index contributed by atoms with van der Waals surface area (Å²) < 4.78 is 14.9. The van der Waals surface area contributed by atoms with Gasteiger partial charge in [0.15, 0.2) is 5.65 Å². The predicted molar refractivity (Wildman–Crippen MR) is 91.7 cm³/mol. The fourth-order valence-corrected chi connectivity index (χ4v) is 3.49. The highest BCUT2D eigenvalue weighted by Gasteiger charge is 2.26. The first kappa shape index (κ1) is 15.7. The molecule has 0 saturated carbocycles. The Labute approximate surface area is 145 Å². The zero-order valence-electron chi connectivity index (χ0n) is 13.8. The zero-order valence-corrected chi connectivity index (χ0v) is 13.8. The van der Waals surface area contributed by atoms with Gasteiger partial charge < -0.3 is 4.90 Å². The van der Waals surface area contributed by atoms with E-state index in [1.165, 1.54) is 6.07 Å². The number of benzene rings is 1. The molecule has 4 rings (SSSR count). The van der Waals surface area contributed by atoms with Gasteiger partial charge in [-0.25, -0.2) is 13.9 Å². The fraction of sp³-hybridized carbons (Fsp3) is 0.316. The predicted octanol–water partition coefficient (Wildman–Crippen LogP) is 2.96. The Bertz CT molecular complexity index is 899. The van der Waals surface area contributed by atoms with Crippen molar-refractivity contribution in [2.45, 2.75) is 19.3 Å². The molecule has 6 heteroatoms. The molecular formula is C19H19FN4O. The van der Waals surface area contributed by atoms with E-state index in [0.29, 0.717) is 30.2 Å². The van der Waals surface area contributed by atoms with Crippen LogP contribution in [0.15, 0.2) is 48.9 Å². The molecular weight excluding hydrogens is 319 g/mol. The van der Waals surface area contributed by atoms with Gasteiger partial charge in [-0.2, -0.15) is 5.10 Å². The Morgan fingerprint density at radius 3 is 2.88 bits per heavy atom. The lowest BCUT2D eigenvalue weighted by atomic mass is 9.90.